The molecule has 32 heavy (non-hydrogen) atoms. The summed E-state index contributed by atoms with van der Waals surface area (Å²) < 4.78 is 14.3. The highest BCUT2D eigenvalue weighted by Crippen LogP contribution is 2.29. The lowest BCUT2D eigenvalue weighted by atomic mass is 9.81. The minimum Gasteiger partial charge on any atom is -0.395 e. The molecule has 0 saturated heterocycles. The molecule has 2 nitrogen and oxygen atoms in total. The van der Waals surface area contributed by atoms with Gasteiger partial charge in [-0.05, 0) is 73.1 Å². The first-order valence-corrected chi connectivity index (χ1v) is 11.0. The van der Waals surface area contributed by atoms with E-state index >= 15 is 0 Å². The predicted octanol–water partition coefficient (Wildman–Crippen LogP) is 6.80. The summed E-state index contributed by atoms with van der Waals surface area (Å²) in [5, 5.41) is 9.64. The third-order valence-corrected chi connectivity index (χ3v) is 6.49. The van der Waals surface area contributed by atoms with Gasteiger partial charge < -0.3 is 5.11 Å². The topological polar surface area (TPSA) is 37.3 Å². The molecule has 1 N–H and O–H groups in total. The second-order valence-corrected chi connectivity index (χ2v) is 8.80. The Morgan fingerprint density at radius 3 is 2.34 bits per heavy atom. The van der Waals surface area contributed by atoms with Crippen LogP contribution in [0, 0.1) is 25.1 Å². The van der Waals surface area contributed by atoms with Gasteiger partial charge in [0.05, 0.1) is 6.61 Å². The first kappa shape index (κ1) is 23.6. The van der Waals surface area contributed by atoms with Crippen LogP contribution in [0.5, 0.6) is 0 Å². The second-order valence-electron chi connectivity index (χ2n) is 8.80. The van der Waals surface area contributed by atoms with Gasteiger partial charge in [-0.25, -0.2) is 4.39 Å². The maximum Gasteiger partial charge on any atom is 0.137 e. The van der Waals surface area contributed by atoms with Gasteiger partial charge in [-0.15, -0.1) is 0 Å². The van der Waals surface area contributed by atoms with Crippen LogP contribution in [0.15, 0.2) is 60.7 Å². The van der Waals surface area contributed by atoms with Crippen LogP contribution in [0.3, 0.4) is 0 Å². The molecule has 3 rings (SSSR count). The molecule has 3 heteroatoms. The number of halogens is 1. The molecule has 3 aromatic rings. The van der Waals surface area contributed by atoms with E-state index in [2.05, 4.69) is 37.3 Å². The van der Waals surface area contributed by atoms with Crippen molar-refractivity contribution >= 4 is 17.9 Å². The number of ketones is 1. The van der Waals surface area contributed by atoms with E-state index in [0.29, 0.717) is 12.0 Å². The molecule has 0 aromatic heterocycles. The monoisotopic (exact) mass is 430 g/mol. The van der Waals surface area contributed by atoms with Crippen LogP contribution in [-0.2, 0) is 11.2 Å². The molecule has 0 radical (unpaired) electrons. The molecule has 0 bridgehead atoms. The van der Waals surface area contributed by atoms with Crippen LogP contribution in [-0.4, -0.2) is 17.5 Å². The highest BCUT2D eigenvalue weighted by atomic mass is 19.1. The van der Waals surface area contributed by atoms with Gasteiger partial charge in [0.1, 0.15) is 11.6 Å². The maximum absolute atomic E-state index is 14.3. The van der Waals surface area contributed by atoms with Crippen molar-refractivity contribution in [2.75, 3.05) is 6.61 Å². The first-order chi connectivity index (χ1) is 15.2. The summed E-state index contributed by atoms with van der Waals surface area (Å²) in [5.41, 5.74) is 6.26. The fourth-order valence-electron chi connectivity index (χ4n) is 3.80. The van der Waals surface area contributed by atoms with Gasteiger partial charge >= 0.3 is 0 Å². The predicted molar refractivity (Wildman–Crippen MR) is 131 cm³/mol. The Hall–Kier alpha value is -3.04. The van der Waals surface area contributed by atoms with Gasteiger partial charge in [0.25, 0.3) is 0 Å². The number of aliphatic hydroxyl groups excluding tert-OH is 1. The Morgan fingerprint density at radius 1 is 0.969 bits per heavy atom. The average molecular weight is 431 g/mol. The molecule has 0 amide bonds. The molecule has 166 valence electrons. The lowest BCUT2D eigenvalue weighted by molar-refractivity contribution is -0.128. The fourth-order valence-corrected chi connectivity index (χ4v) is 3.80. The number of rotatable bonds is 8. The van der Waals surface area contributed by atoms with Gasteiger partial charge in [0.15, 0.2) is 0 Å². The Balaban J connectivity index is 1.86. The number of benzene rings is 3. The van der Waals surface area contributed by atoms with E-state index in [4.69, 9.17) is 0 Å². The van der Waals surface area contributed by atoms with Crippen molar-refractivity contribution in [2.24, 2.45) is 5.41 Å². The molecule has 3 aromatic carbocycles. The molecule has 0 aliphatic rings. The van der Waals surface area contributed by atoms with Crippen LogP contribution in [0.25, 0.3) is 23.3 Å². The van der Waals surface area contributed by atoms with Crippen molar-refractivity contribution in [1.82, 2.24) is 0 Å². The van der Waals surface area contributed by atoms with Gasteiger partial charge in [-0.2, -0.15) is 0 Å². The molecule has 0 aliphatic carbocycles. The number of carbonyl (C=O) groups is 1. The Kier molecular flexibility index (Phi) is 7.42. The van der Waals surface area contributed by atoms with E-state index in [1.54, 1.807) is 12.1 Å². The van der Waals surface area contributed by atoms with Crippen molar-refractivity contribution in [1.29, 1.82) is 0 Å². The van der Waals surface area contributed by atoms with Crippen molar-refractivity contribution in [2.45, 2.75) is 40.5 Å². The fraction of sp³-hybridized carbons (Fsp3) is 0.276. The minimum atomic E-state index is -0.703. The normalized spacial score (nSPS) is 13.3. The third-order valence-electron chi connectivity index (χ3n) is 6.49. The number of hydrogen-bond acceptors (Lipinski definition) is 2. The van der Waals surface area contributed by atoms with Crippen LogP contribution in [0.4, 0.5) is 4.39 Å². The quantitative estimate of drug-likeness (QED) is 0.399. The molecule has 0 saturated carbocycles. The Labute approximate surface area is 190 Å². The summed E-state index contributed by atoms with van der Waals surface area (Å²) >= 11 is 0. The second kappa shape index (κ2) is 10.1. The summed E-state index contributed by atoms with van der Waals surface area (Å²) in [6, 6.07) is 19.1. The summed E-state index contributed by atoms with van der Waals surface area (Å²) in [5.74, 6) is -0.210. The zero-order valence-electron chi connectivity index (χ0n) is 19.3. The highest BCUT2D eigenvalue weighted by molar-refractivity contribution is 5.82. The summed E-state index contributed by atoms with van der Waals surface area (Å²) in [6.45, 7) is 7.30. The number of carbonyl (C=O) groups excluding carboxylic acids is 1. The molecular formula is C29H31FO2. The van der Waals surface area contributed by atoms with Crippen molar-refractivity contribution in [3.05, 3.63) is 94.3 Å². The minimum absolute atomic E-state index is 0.0115. The van der Waals surface area contributed by atoms with Crippen molar-refractivity contribution in [3.8, 4) is 11.1 Å². The van der Waals surface area contributed by atoms with E-state index < -0.39 is 5.41 Å². The zero-order valence-corrected chi connectivity index (χ0v) is 19.3. The summed E-state index contributed by atoms with van der Waals surface area (Å²) in [7, 11) is 0. The van der Waals surface area contributed by atoms with Crippen LogP contribution in [0.1, 0.15) is 48.1 Å². The zero-order chi connectivity index (χ0) is 23.3. The smallest absolute Gasteiger partial charge is 0.137 e. The van der Waals surface area contributed by atoms with Crippen LogP contribution < -0.4 is 0 Å². The number of Topliss-reactive ketones (excluding diaryl/α,β-unsaturated/α-hetero) is 1. The lowest BCUT2D eigenvalue weighted by Crippen LogP contribution is -2.30. The maximum atomic E-state index is 14.3. The lowest BCUT2D eigenvalue weighted by Gasteiger charge is -2.24. The molecule has 0 spiro atoms. The van der Waals surface area contributed by atoms with Gasteiger partial charge in [0, 0.05) is 11.0 Å². The molecule has 1 atom stereocenters. The number of hydrogen-bond donors (Lipinski definition) is 1. The van der Waals surface area contributed by atoms with E-state index in [1.807, 2.05) is 38.1 Å². The third kappa shape index (κ3) is 5.23. The first-order valence-electron chi connectivity index (χ1n) is 11.0. The molecule has 1 unspecified atom stereocenters. The molecule has 0 fully saturated rings. The van der Waals surface area contributed by atoms with E-state index in [1.165, 1.54) is 13.0 Å². The largest absolute Gasteiger partial charge is 0.395 e. The van der Waals surface area contributed by atoms with Crippen LogP contribution in [0.2, 0.25) is 0 Å². The highest BCUT2D eigenvalue weighted by Gasteiger charge is 2.28. The molecule has 0 heterocycles. The van der Waals surface area contributed by atoms with E-state index in [-0.39, 0.29) is 18.2 Å². The summed E-state index contributed by atoms with van der Waals surface area (Å²) in [6.07, 6.45) is 5.48. The summed E-state index contributed by atoms with van der Waals surface area (Å²) in [4.78, 5) is 11.9. The number of aryl methyl sites for hydroxylation is 2. The van der Waals surface area contributed by atoms with Crippen molar-refractivity contribution in [3.63, 3.8) is 0 Å². The van der Waals surface area contributed by atoms with E-state index in [9.17, 15) is 14.3 Å². The Morgan fingerprint density at radius 2 is 1.66 bits per heavy atom. The molecule has 0 aliphatic heterocycles. The van der Waals surface area contributed by atoms with Gasteiger partial charge in [-0.1, -0.05) is 73.7 Å². The van der Waals surface area contributed by atoms with Gasteiger partial charge in [0.2, 0.25) is 0 Å². The van der Waals surface area contributed by atoms with E-state index in [0.717, 1.165) is 39.8 Å². The molecular weight excluding hydrogens is 399 g/mol. The Bertz CT molecular complexity index is 1150. The standard InChI is InChI=1S/C29H31FO2/c1-20-12-13-23(16-17-29(4,19-31)22(3)32)18-25(20)15-14-24-8-7-10-26(21(24)2)27-9-5-6-11-28(27)30/h5-15,18,31H,16-17,19H2,1-4H3/b15-14+. The number of aliphatic hydroxyl groups is 1. The van der Waals surface area contributed by atoms with Crippen molar-refractivity contribution < 1.29 is 14.3 Å². The SMILES string of the molecule is CC(=O)C(C)(CO)CCc1ccc(C)c(/C=C/c2cccc(-c3ccccc3F)c2C)c1. The van der Waals surface area contributed by atoms with Crippen LogP contribution >= 0.6 is 0 Å². The average Bonchev–Trinajstić information content (AvgIpc) is 2.78. The van der Waals surface area contributed by atoms with Gasteiger partial charge in [-0.3, -0.25) is 4.79 Å².